The fourth-order valence-corrected chi connectivity index (χ4v) is 0. The van der Waals surface area contributed by atoms with Crippen molar-refractivity contribution in [2.24, 2.45) is 0 Å². The van der Waals surface area contributed by atoms with Gasteiger partial charge in [0.25, 0.3) is 0 Å². The molecular weight excluding hydrogens is 617 g/mol. The Kier molecular flexibility index (Phi) is 83.3. The van der Waals surface area contributed by atoms with Gasteiger partial charge in [-0.3, -0.25) is 0 Å². The first-order valence-electron chi connectivity index (χ1n) is 5.22. The second kappa shape index (κ2) is 49.7. The van der Waals surface area contributed by atoms with E-state index in [0.717, 1.165) is -0.0207 Å². The second-order valence-corrected chi connectivity index (χ2v) is 14.3. The standard InChI is InChI=1S/4C2H6O2.CH2I2Te/c4*3-1-2-4;2-1(3)4/h4*3-4H,1-2H2;1,4H. The molecule has 0 aliphatic heterocycles. The van der Waals surface area contributed by atoms with E-state index in [2.05, 4.69) is 45.2 Å². The Hall–Kier alpha value is 1.93. The molecule has 0 unspecified atom stereocenters. The van der Waals surface area contributed by atoms with Gasteiger partial charge in [0.05, 0.1) is 52.9 Å². The number of rotatable bonds is 4. The number of aliphatic hydroxyl groups excluding tert-OH is 8. The van der Waals surface area contributed by atoms with Gasteiger partial charge < -0.3 is 40.9 Å². The Morgan fingerprint density at radius 1 is 0.500 bits per heavy atom. The molecule has 8 nitrogen and oxygen atoms in total. The fraction of sp³-hybridized carbons (Fsp3) is 1.00. The SMILES string of the molecule is OCCO.OCCO.OCCO.OCCO.[TeH]C(I)I. The summed E-state index contributed by atoms with van der Waals surface area (Å²) in [6.07, 6.45) is 0. The van der Waals surface area contributed by atoms with Gasteiger partial charge >= 0.3 is 67.5 Å². The van der Waals surface area contributed by atoms with Crippen LogP contribution < -0.4 is 0 Å². The molecule has 0 aromatic carbocycles. The Morgan fingerprint density at radius 3 is 0.550 bits per heavy atom. The second-order valence-electron chi connectivity index (χ2n) is 2.07. The molecule has 8 N–H and O–H groups in total. The van der Waals surface area contributed by atoms with E-state index in [1.807, 2.05) is 22.3 Å². The van der Waals surface area contributed by atoms with Gasteiger partial charge in [-0.25, -0.2) is 0 Å². The van der Waals surface area contributed by atoms with Gasteiger partial charge in [0, 0.05) is 0 Å². The van der Waals surface area contributed by atoms with Crippen LogP contribution in [0.5, 0.6) is 0 Å². The number of alkyl halides is 2. The summed E-state index contributed by atoms with van der Waals surface area (Å²) in [7, 11) is 0. The summed E-state index contributed by atoms with van der Waals surface area (Å²) in [5.74, 6) is 0. The van der Waals surface area contributed by atoms with E-state index in [1.165, 1.54) is 0 Å². The van der Waals surface area contributed by atoms with Crippen molar-refractivity contribution in [1.82, 2.24) is 0 Å². The summed E-state index contributed by atoms with van der Waals surface area (Å²) in [6.45, 7) is -1.00. The van der Waals surface area contributed by atoms with Crippen molar-refractivity contribution in [3.05, 3.63) is 0 Å². The zero-order chi connectivity index (χ0) is 17.2. The van der Waals surface area contributed by atoms with E-state index in [1.54, 1.807) is 0 Å². The monoisotopic (exact) mass is 646 g/mol. The molecule has 130 valence electrons. The van der Waals surface area contributed by atoms with Crippen molar-refractivity contribution < 1.29 is 40.9 Å². The van der Waals surface area contributed by atoms with Crippen LogP contribution in [-0.2, 0) is 0 Å². The van der Waals surface area contributed by atoms with Crippen LogP contribution in [0, 0.1) is 0 Å². The molecule has 0 aliphatic rings. The van der Waals surface area contributed by atoms with Gasteiger partial charge in [0.1, 0.15) is 0 Å². The molecule has 0 amide bonds. The predicted octanol–water partition coefficient (Wildman–Crippen LogP) is -3.08. The zero-order valence-electron chi connectivity index (χ0n) is 11.0. The van der Waals surface area contributed by atoms with Gasteiger partial charge in [-0.05, 0) is 0 Å². The van der Waals surface area contributed by atoms with E-state index < -0.39 is 0 Å². The Balaban J connectivity index is -0.0000000469. The van der Waals surface area contributed by atoms with Gasteiger partial charge in [0.15, 0.2) is 0 Å². The summed E-state index contributed by atoms with van der Waals surface area (Å²) in [5.41, 5.74) is 0. The van der Waals surface area contributed by atoms with Gasteiger partial charge in [-0.2, -0.15) is 0 Å². The number of halogens is 2. The fourth-order valence-electron chi connectivity index (χ4n) is 0. The van der Waals surface area contributed by atoms with Crippen LogP contribution in [0.3, 0.4) is 0 Å². The maximum atomic E-state index is 7.62. The van der Waals surface area contributed by atoms with E-state index in [0.29, 0.717) is 0 Å². The first kappa shape index (κ1) is 33.5. The first-order chi connectivity index (χ1) is 9.39. The quantitative estimate of drug-likeness (QED) is 0.0910. The van der Waals surface area contributed by atoms with Crippen LogP contribution in [0.1, 0.15) is 0 Å². The Bertz CT molecular complexity index is 79.3. The third kappa shape index (κ3) is 203. The summed E-state index contributed by atoms with van der Waals surface area (Å²) in [4.78, 5) is 0. The molecule has 0 heterocycles. The molecular formula is C9H26I2O8Te. The average Bonchev–Trinajstić information content (AvgIpc) is 2.47. The third-order valence-electron chi connectivity index (χ3n) is 0.400. The maximum absolute atomic E-state index is 7.62. The van der Waals surface area contributed by atoms with Crippen LogP contribution in [0.15, 0.2) is 0 Å². The summed E-state index contributed by atoms with van der Waals surface area (Å²) in [6, 6.07) is 0. The van der Waals surface area contributed by atoms with Crippen molar-refractivity contribution >= 4 is 67.5 Å². The minimum absolute atomic E-state index is 0.125. The summed E-state index contributed by atoms with van der Waals surface area (Å²) < 4.78 is 0.823. The molecule has 0 spiro atoms. The molecule has 0 radical (unpaired) electrons. The summed E-state index contributed by atoms with van der Waals surface area (Å²) in [5, 5.41) is 61.0. The minimum atomic E-state index is -0.125. The van der Waals surface area contributed by atoms with Crippen molar-refractivity contribution in [1.29, 1.82) is 0 Å². The molecule has 0 atom stereocenters. The molecule has 0 saturated carbocycles. The molecule has 0 aromatic rings. The molecule has 0 bridgehead atoms. The molecule has 0 aliphatic carbocycles. The van der Waals surface area contributed by atoms with E-state index in [-0.39, 0.29) is 52.9 Å². The molecule has 11 heteroatoms. The van der Waals surface area contributed by atoms with Crippen molar-refractivity contribution in [3.63, 3.8) is 0 Å². The van der Waals surface area contributed by atoms with Crippen molar-refractivity contribution in [2.75, 3.05) is 52.9 Å². The molecule has 20 heavy (non-hydrogen) atoms. The zero-order valence-corrected chi connectivity index (χ0v) is 17.9. The van der Waals surface area contributed by atoms with Crippen LogP contribution in [0.25, 0.3) is 0 Å². The van der Waals surface area contributed by atoms with E-state index >= 15 is 0 Å². The third-order valence-corrected chi connectivity index (χ3v) is 0.400. The molecule has 0 rings (SSSR count). The average molecular weight is 644 g/mol. The van der Waals surface area contributed by atoms with Gasteiger partial charge in [-0.1, -0.05) is 0 Å². The number of hydrogen-bond acceptors (Lipinski definition) is 8. The summed E-state index contributed by atoms with van der Waals surface area (Å²) >= 11 is 6.55. The number of aliphatic hydroxyl groups is 8. The Morgan fingerprint density at radius 2 is 0.550 bits per heavy atom. The predicted molar refractivity (Wildman–Crippen MR) is 95.7 cm³/mol. The first-order valence-corrected chi connectivity index (χ1v) is 9.19. The van der Waals surface area contributed by atoms with E-state index in [4.69, 9.17) is 40.9 Å². The van der Waals surface area contributed by atoms with Crippen LogP contribution in [0.4, 0.5) is 0 Å². The van der Waals surface area contributed by atoms with E-state index in [9.17, 15) is 0 Å². The molecule has 0 aromatic heterocycles. The van der Waals surface area contributed by atoms with Crippen LogP contribution in [-0.4, -0.2) is 116 Å². The normalized spacial score (nSPS) is 7.80. The number of hydrogen-bond donors (Lipinski definition) is 8. The van der Waals surface area contributed by atoms with Crippen molar-refractivity contribution in [2.45, 2.75) is -0.0207 Å². The molecule has 0 saturated heterocycles. The van der Waals surface area contributed by atoms with Crippen molar-refractivity contribution in [3.8, 4) is 0 Å². The topological polar surface area (TPSA) is 162 Å². The Labute approximate surface area is 160 Å². The molecule has 0 fully saturated rings. The van der Waals surface area contributed by atoms with Gasteiger partial charge in [-0.15, -0.1) is 0 Å². The van der Waals surface area contributed by atoms with Crippen LogP contribution >= 0.6 is 45.2 Å². The van der Waals surface area contributed by atoms with Crippen LogP contribution in [0.2, 0.25) is 0 Å². The van der Waals surface area contributed by atoms with Gasteiger partial charge in [0.2, 0.25) is 0 Å².